The third kappa shape index (κ3) is 3.52. The average molecular weight is 318 g/mol. The van der Waals surface area contributed by atoms with Crippen molar-refractivity contribution in [2.24, 2.45) is 0 Å². The number of fused-ring (bicyclic) bond motifs is 1. The summed E-state index contributed by atoms with van der Waals surface area (Å²) in [6.07, 6.45) is 3.12. The van der Waals surface area contributed by atoms with E-state index in [1.807, 2.05) is 12.1 Å². The quantitative estimate of drug-likeness (QED) is 0.489. The van der Waals surface area contributed by atoms with E-state index in [2.05, 4.69) is 0 Å². The molecule has 0 saturated carbocycles. The van der Waals surface area contributed by atoms with Gasteiger partial charge < -0.3 is 19.6 Å². The van der Waals surface area contributed by atoms with Crippen molar-refractivity contribution in [3.8, 4) is 0 Å². The molecular weight excluding hydrogens is 304 g/mol. The van der Waals surface area contributed by atoms with Gasteiger partial charge in [-0.15, -0.1) is 0 Å². The summed E-state index contributed by atoms with van der Waals surface area (Å²) in [4.78, 5) is 36.4. The molecular formula is C11H14NO6P2+. The molecule has 2 rings (SSSR count). The summed E-state index contributed by atoms with van der Waals surface area (Å²) in [5, 5.41) is -0.306. The van der Waals surface area contributed by atoms with Crippen LogP contribution in [0.25, 0.3) is 10.8 Å². The number of pyridine rings is 1. The molecule has 9 heteroatoms. The van der Waals surface area contributed by atoms with Crippen molar-refractivity contribution in [1.29, 1.82) is 0 Å². The van der Waals surface area contributed by atoms with Crippen LogP contribution in [0.2, 0.25) is 0 Å². The lowest BCUT2D eigenvalue weighted by Gasteiger charge is -2.16. The van der Waals surface area contributed by atoms with Gasteiger partial charge in [0, 0.05) is 11.5 Å². The number of hydrogen-bond acceptors (Lipinski definition) is 2. The number of aromatic nitrogens is 1. The largest absolute Gasteiger partial charge is 0.347 e. The van der Waals surface area contributed by atoms with Crippen molar-refractivity contribution >= 4 is 26.0 Å². The van der Waals surface area contributed by atoms with E-state index in [1.54, 1.807) is 24.4 Å². The second kappa shape index (κ2) is 5.37. The first kappa shape index (κ1) is 15.3. The normalized spacial score (nSPS) is 13.1. The second-order valence-electron chi connectivity index (χ2n) is 4.43. The summed E-state index contributed by atoms with van der Waals surface area (Å²) in [5.74, 6) is 0. The Balaban J connectivity index is 2.39. The second-order valence-corrected chi connectivity index (χ2v) is 8.44. The van der Waals surface area contributed by atoms with Gasteiger partial charge in [0.05, 0.1) is 0 Å². The molecule has 0 aliphatic heterocycles. The Morgan fingerprint density at radius 2 is 1.50 bits per heavy atom. The summed E-state index contributed by atoms with van der Waals surface area (Å²) < 4.78 is 23.8. The highest BCUT2D eigenvalue weighted by Crippen LogP contribution is 2.59. The highest BCUT2D eigenvalue weighted by Gasteiger charge is 2.46. The van der Waals surface area contributed by atoms with Crippen LogP contribution in [-0.4, -0.2) is 25.0 Å². The van der Waals surface area contributed by atoms with Crippen molar-refractivity contribution < 1.29 is 33.3 Å². The lowest BCUT2D eigenvalue weighted by Crippen LogP contribution is -2.39. The Morgan fingerprint density at radius 1 is 0.950 bits per heavy atom. The van der Waals surface area contributed by atoms with Gasteiger partial charge in [-0.2, -0.15) is 0 Å². The molecule has 0 unspecified atom stereocenters. The van der Waals surface area contributed by atoms with E-state index in [1.165, 1.54) is 10.8 Å². The fourth-order valence-corrected chi connectivity index (χ4v) is 4.26. The topological polar surface area (TPSA) is 119 Å². The van der Waals surface area contributed by atoms with E-state index in [9.17, 15) is 9.13 Å². The zero-order valence-electron chi connectivity index (χ0n) is 10.3. The molecule has 0 saturated heterocycles. The molecule has 20 heavy (non-hydrogen) atoms. The van der Waals surface area contributed by atoms with Crippen LogP contribution in [0.1, 0.15) is 0 Å². The molecule has 0 aliphatic carbocycles. The van der Waals surface area contributed by atoms with Crippen LogP contribution < -0.4 is 4.57 Å². The molecule has 108 valence electrons. The Bertz CT molecular complexity index is 700. The minimum absolute atomic E-state index is 0.459. The Labute approximate surface area is 114 Å². The smallest absolute Gasteiger partial charge is 0.324 e. The molecule has 4 N–H and O–H groups in total. The summed E-state index contributed by atoms with van der Waals surface area (Å²) in [5.41, 5.74) is 0. The number of rotatable bonds is 4. The first-order chi connectivity index (χ1) is 9.18. The molecule has 7 nitrogen and oxygen atoms in total. The molecule has 0 radical (unpaired) electrons. The Hall–Kier alpha value is -1.07. The molecule has 0 amide bonds. The molecule has 0 fully saturated rings. The third-order valence-corrected chi connectivity index (χ3v) is 6.58. The maximum atomic E-state index is 11.2. The SMILES string of the molecule is O=P(O)(O)C(C[n+]1ccc2ccccc2c1)P(=O)(O)O. The van der Waals surface area contributed by atoms with Crippen LogP contribution in [0, 0.1) is 0 Å². The van der Waals surface area contributed by atoms with Gasteiger partial charge in [-0.25, -0.2) is 4.57 Å². The fourth-order valence-electron chi connectivity index (χ4n) is 1.89. The van der Waals surface area contributed by atoms with Gasteiger partial charge in [-0.1, -0.05) is 18.2 Å². The average Bonchev–Trinajstić information content (AvgIpc) is 2.33. The van der Waals surface area contributed by atoms with E-state index in [0.29, 0.717) is 0 Å². The van der Waals surface area contributed by atoms with Gasteiger partial charge in [-0.3, -0.25) is 9.13 Å². The van der Waals surface area contributed by atoms with Gasteiger partial charge in [0.15, 0.2) is 18.9 Å². The fraction of sp³-hybridized carbons (Fsp3) is 0.182. The molecule has 1 aromatic heterocycles. The van der Waals surface area contributed by atoms with Gasteiger partial charge in [0.25, 0.3) is 0 Å². The van der Waals surface area contributed by atoms with Gasteiger partial charge >= 0.3 is 15.2 Å². The molecule has 0 aliphatic rings. The number of nitrogens with zero attached hydrogens (tertiary/aromatic N) is 1. The minimum atomic E-state index is -4.91. The monoisotopic (exact) mass is 318 g/mol. The lowest BCUT2D eigenvalue weighted by molar-refractivity contribution is -0.693. The van der Waals surface area contributed by atoms with Gasteiger partial charge in [0.2, 0.25) is 5.40 Å². The lowest BCUT2D eigenvalue weighted by atomic mass is 10.2. The summed E-state index contributed by atoms with van der Waals surface area (Å²) in [6, 6.07) is 9.03. The first-order valence-corrected chi connectivity index (χ1v) is 9.02. The third-order valence-electron chi connectivity index (χ3n) is 2.90. The van der Waals surface area contributed by atoms with Gasteiger partial charge in [-0.05, 0) is 11.5 Å². The van der Waals surface area contributed by atoms with Crippen LogP contribution in [0.3, 0.4) is 0 Å². The van der Waals surface area contributed by atoms with E-state index in [4.69, 9.17) is 19.6 Å². The number of hydrogen-bond donors (Lipinski definition) is 4. The molecule has 2 aromatic rings. The van der Waals surface area contributed by atoms with Crippen molar-refractivity contribution in [3.05, 3.63) is 42.7 Å². The Kier molecular flexibility index (Phi) is 4.12. The maximum Gasteiger partial charge on any atom is 0.347 e. The molecule has 0 spiro atoms. The van der Waals surface area contributed by atoms with Crippen molar-refractivity contribution in [2.75, 3.05) is 0 Å². The van der Waals surface area contributed by atoms with Crippen molar-refractivity contribution in [1.82, 2.24) is 0 Å². The predicted molar refractivity (Wildman–Crippen MR) is 72.0 cm³/mol. The highest BCUT2D eigenvalue weighted by atomic mass is 31.2. The van der Waals surface area contributed by atoms with Crippen LogP contribution in [0.5, 0.6) is 0 Å². The van der Waals surface area contributed by atoms with Crippen molar-refractivity contribution in [3.63, 3.8) is 0 Å². The molecule has 1 aromatic carbocycles. The van der Waals surface area contributed by atoms with Crippen LogP contribution in [0.4, 0.5) is 0 Å². The van der Waals surface area contributed by atoms with E-state index >= 15 is 0 Å². The van der Waals surface area contributed by atoms with Gasteiger partial charge in [0.1, 0.15) is 0 Å². The first-order valence-electron chi connectivity index (χ1n) is 5.66. The summed E-state index contributed by atoms with van der Waals surface area (Å²) in [7, 11) is -9.81. The standard InChI is InChI=1S/C11H13NO6P2/c13-19(14,15)11(20(16,17)18)8-12-6-5-9-3-1-2-4-10(9)7-12/h1-7,11H,8H2,(H3-,13,14,15,16,17,18)/p+1. The summed E-state index contributed by atoms with van der Waals surface area (Å²) >= 11 is 0. The number of benzene rings is 1. The van der Waals surface area contributed by atoms with Crippen LogP contribution in [-0.2, 0) is 15.7 Å². The van der Waals surface area contributed by atoms with Crippen LogP contribution >= 0.6 is 15.2 Å². The minimum Gasteiger partial charge on any atom is -0.324 e. The van der Waals surface area contributed by atoms with E-state index in [-0.39, 0.29) is 0 Å². The summed E-state index contributed by atoms with van der Waals surface area (Å²) in [6.45, 7) is -0.459. The van der Waals surface area contributed by atoms with Crippen LogP contribution in [0.15, 0.2) is 42.7 Å². The Morgan fingerprint density at radius 3 is 2.05 bits per heavy atom. The molecule has 0 bridgehead atoms. The highest BCUT2D eigenvalue weighted by molar-refractivity contribution is 7.70. The maximum absolute atomic E-state index is 11.2. The van der Waals surface area contributed by atoms with Crippen molar-refractivity contribution in [2.45, 2.75) is 11.9 Å². The molecule has 0 atom stereocenters. The zero-order chi connectivity index (χ0) is 15.0. The molecule has 1 heterocycles. The van der Waals surface area contributed by atoms with E-state index < -0.39 is 27.1 Å². The zero-order valence-corrected chi connectivity index (χ0v) is 12.1. The predicted octanol–water partition coefficient (Wildman–Crippen LogP) is 0.809. The van der Waals surface area contributed by atoms with E-state index in [0.717, 1.165) is 10.8 Å².